The molecule has 3 nitrogen and oxygen atoms in total. The van der Waals surface area contributed by atoms with Crippen LogP contribution in [-0.4, -0.2) is 17.7 Å². The summed E-state index contributed by atoms with van der Waals surface area (Å²) in [6.07, 6.45) is 1.03. The maximum atomic E-state index is 12.4. The van der Waals surface area contributed by atoms with Gasteiger partial charge >= 0.3 is 0 Å². The molecule has 1 saturated heterocycles. The third-order valence-electron chi connectivity index (χ3n) is 3.71. The second-order valence-corrected chi connectivity index (χ2v) is 5.29. The molecule has 1 aliphatic heterocycles. The van der Waals surface area contributed by atoms with Crippen molar-refractivity contribution in [1.29, 1.82) is 0 Å². The zero-order chi connectivity index (χ0) is 12.7. The molecule has 2 heterocycles. The van der Waals surface area contributed by atoms with E-state index in [-0.39, 0.29) is 5.56 Å². The molecule has 1 fully saturated rings. The van der Waals surface area contributed by atoms with Gasteiger partial charge in [0.15, 0.2) is 0 Å². The largest absolute Gasteiger partial charge is 0.316 e. The zero-order valence-corrected chi connectivity index (χ0v) is 11.0. The maximum Gasteiger partial charge on any atom is 0.254 e. The van der Waals surface area contributed by atoms with Gasteiger partial charge in [0.1, 0.15) is 0 Å². The van der Waals surface area contributed by atoms with Gasteiger partial charge in [-0.1, -0.05) is 11.6 Å². The average molecular weight is 263 g/mol. The Balaban J connectivity index is 2.26. The van der Waals surface area contributed by atoms with E-state index in [1.54, 1.807) is 4.57 Å². The predicted molar refractivity (Wildman–Crippen MR) is 74.4 cm³/mol. The summed E-state index contributed by atoms with van der Waals surface area (Å²) < 4.78 is 1.72. The van der Waals surface area contributed by atoms with Crippen molar-refractivity contribution < 1.29 is 0 Å². The topological polar surface area (TPSA) is 34.0 Å². The van der Waals surface area contributed by atoms with Crippen LogP contribution in [-0.2, 0) is 7.05 Å². The SMILES string of the molecule is Cn1c(=O)c(C2CCNC2)cc2cc(Cl)ccc21. The third-order valence-corrected chi connectivity index (χ3v) is 3.95. The van der Waals surface area contributed by atoms with Gasteiger partial charge in [-0.25, -0.2) is 0 Å². The number of pyridine rings is 1. The number of benzene rings is 1. The van der Waals surface area contributed by atoms with E-state index in [9.17, 15) is 4.79 Å². The number of aryl methyl sites for hydroxylation is 1. The summed E-state index contributed by atoms with van der Waals surface area (Å²) in [6, 6.07) is 7.64. The zero-order valence-electron chi connectivity index (χ0n) is 10.2. The van der Waals surface area contributed by atoms with Gasteiger partial charge in [-0.2, -0.15) is 0 Å². The van der Waals surface area contributed by atoms with Gasteiger partial charge in [0.2, 0.25) is 0 Å². The van der Waals surface area contributed by atoms with Crippen LogP contribution < -0.4 is 10.9 Å². The van der Waals surface area contributed by atoms with Crippen molar-refractivity contribution in [2.75, 3.05) is 13.1 Å². The number of rotatable bonds is 1. The van der Waals surface area contributed by atoms with E-state index in [2.05, 4.69) is 5.32 Å². The molecule has 0 bridgehead atoms. The Morgan fingerprint density at radius 2 is 2.22 bits per heavy atom. The second kappa shape index (κ2) is 4.41. The molecule has 1 aromatic heterocycles. The number of aromatic nitrogens is 1. The summed E-state index contributed by atoms with van der Waals surface area (Å²) in [7, 11) is 1.82. The smallest absolute Gasteiger partial charge is 0.254 e. The summed E-state index contributed by atoms with van der Waals surface area (Å²) >= 11 is 6.02. The quantitative estimate of drug-likeness (QED) is 0.856. The minimum atomic E-state index is 0.110. The lowest BCUT2D eigenvalue weighted by Crippen LogP contribution is -2.24. The van der Waals surface area contributed by atoms with E-state index < -0.39 is 0 Å². The molecule has 0 amide bonds. The highest BCUT2D eigenvalue weighted by molar-refractivity contribution is 6.31. The molecule has 0 radical (unpaired) electrons. The first-order valence-corrected chi connectivity index (χ1v) is 6.54. The molecule has 1 aliphatic rings. The molecule has 1 N–H and O–H groups in total. The maximum absolute atomic E-state index is 12.4. The average Bonchev–Trinajstić information content (AvgIpc) is 2.87. The molecule has 18 heavy (non-hydrogen) atoms. The van der Waals surface area contributed by atoms with Crippen molar-refractivity contribution in [3.63, 3.8) is 0 Å². The number of hydrogen-bond donors (Lipinski definition) is 1. The number of nitrogens with zero attached hydrogens (tertiary/aromatic N) is 1. The predicted octanol–water partition coefficient (Wildman–Crippen LogP) is 2.27. The highest BCUT2D eigenvalue weighted by atomic mass is 35.5. The number of hydrogen-bond acceptors (Lipinski definition) is 2. The summed E-state index contributed by atoms with van der Waals surface area (Å²) in [6.45, 7) is 1.88. The van der Waals surface area contributed by atoms with Gasteiger partial charge in [-0.05, 0) is 37.2 Å². The lowest BCUT2D eigenvalue weighted by Gasteiger charge is -2.12. The molecule has 0 saturated carbocycles. The fourth-order valence-corrected chi connectivity index (χ4v) is 2.87. The third kappa shape index (κ3) is 1.84. The number of nitrogens with one attached hydrogen (secondary N) is 1. The lowest BCUT2D eigenvalue weighted by atomic mass is 9.98. The molecular formula is C14H15ClN2O. The van der Waals surface area contributed by atoms with Crippen LogP contribution >= 0.6 is 11.6 Å². The highest BCUT2D eigenvalue weighted by Crippen LogP contribution is 2.24. The van der Waals surface area contributed by atoms with E-state index in [0.717, 1.165) is 36.0 Å². The van der Waals surface area contributed by atoms with Crippen molar-refractivity contribution in [3.05, 3.63) is 45.2 Å². The van der Waals surface area contributed by atoms with Gasteiger partial charge in [0.05, 0.1) is 5.52 Å². The Bertz CT molecular complexity index is 657. The normalized spacial score (nSPS) is 19.6. The Kier molecular flexibility index (Phi) is 2.88. The summed E-state index contributed by atoms with van der Waals surface area (Å²) in [5.41, 5.74) is 1.94. The van der Waals surface area contributed by atoms with Crippen molar-refractivity contribution in [3.8, 4) is 0 Å². The number of fused-ring (bicyclic) bond motifs is 1. The molecule has 0 aliphatic carbocycles. The van der Waals surface area contributed by atoms with E-state index >= 15 is 0 Å². The molecule has 0 spiro atoms. The Morgan fingerprint density at radius 3 is 2.94 bits per heavy atom. The van der Waals surface area contributed by atoms with Crippen LogP contribution in [0.5, 0.6) is 0 Å². The van der Waals surface area contributed by atoms with Crippen LogP contribution in [0.25, 0.3) is 10.9 Å². The van der Waals surface area contributed by atoms with Crippen molar-refractivity contribution >= 4 is 22.5 Å². The minimum absolute atomic E-state index is 0.110. The van der Waals surface area contributed by atoms with Crippen LogP contribution in [0.1, 0.15) is 17.9 Å². The summed E-state index contributed by atoms with van der Waals surface area (Å²) in [5.74, 6) is 0.326. The first kappa shape index (κ1) is 11.8. The van der Waals surface area contributed by atoms with E-state index in [1.807, 2.05) is 31.3 Å². The van der Waals surface area contributed by atoms with E-state index in [0.29, 0.717) is 10.9 Å². The molecule has 4 heteroatoms. The van der Waals surface area contributed by atoms with Crippen LogP contribution in [0.4, 0.5) is 0 Å². The Labute approximate surface area is 110 Å². The van der Waals surface area contributed by atoms with Crippen molar-refractivity contribution in [2.45, 2.75) is 12.3 Å². The van der Waals surface area contributed by atoms with Crippen LogP contribution in [0.2, 0.25) is 5.02 Å². The van der Waals surface area contributed by atoms with Gasteiger partial charge in [0.25, 0.3) is 5.56 Å². The number of halogens is 1. The molecule has 1 unspecified atom stereocenters. The summed E-state index contributed by atoms with van der Waals surface area (Å²) in [5, 5.41) is 5.04. The van der Waals surface area contributed by atoms with Crippen LogP contribution in [0, 0.1) is 0 Å². The van der Waals surface area contributed by atoms with Crippen LogP contribution in [0.15, 0.2) is 29.1 Å². The van der Waals surface area contributed by atoms with Gasteiger partial charge in [-0.3, -0.25) is 4.79 Å². The Hall–Kier alpha value is -1.32. The standard InChI is InChI=1S/C14H15ClN2O/c1-17-13-3-2-11(15)6-10(13)7-12(14(17)18)9-4-5-16-8-9/h2-3,6-7,9,16H,4-5,8H2,1H3. The van der Waals surface area contributed by atoms with E-state index in [1.165, 1.54) is 0 Å². The molecule has 94 valence electrons. The first-order chi connectivity index (χ1) is 8.66. The van der Waals surface area contributed by atoms with E-state index in [4.69, 9.17) is 11.6 Å². The van der Waals surface area contributed by atoms with Crippen molar-refractivity contribution in [1.82, 2.24) is 9.88 Å². The monoisotopic (exact) mass is 262 g/mol. The minimum Gasteiger partial charge on any atom is -0.316 e. The van der Waals surface area contributed by atoms with Gasteiger partial charge < -0.3 is 9.88 Å². The molecule has 2 aromatic rings. The highest BCUT2D eigenvalue weighted by Gasteiger charge is 2.20. The molecule has 3 rings (SSSR count). The fourth-order valence-electron chi connectivity index (χ4n) is 2.69. The van der Waals surface area contributed by atoms with Crippen molar-refractivity contribution in [2.24, 2.45) is 7.05 Å². The lowest BCUT2D eigenvalue weighted by molar-refractivity contribution is 0.734. The molecular weight excluding hydrogens is 248 g/mol. The molecule has 1 aromatic carbocycles. The Morgan fingerprint density at radius 1 is 1.39 bits per heavy atom. The molecule has 1 atom stereocenters. The van der Waals surface area contributed by atoms with Gasteiger partial charge in [-0.15, -0.1) is 0 Å². The fraction of sp³-hybridized carbons (Fsp3) is 0.357. The first-order valence-electron chi connectivity index (χ1n) is 6.17. The summed E-state index contributed by atoms with van der Waals surface area (Å²) in [4.78, 5) is 12.4. The van der Waals surface area contributed by atoms with Crippen LogP contribution in [0.3, 0.4) is 0 Å². The van der Waals surface area contributed by atoms with Gasteiger partial charge in [0, 0.05) is 35.5 Å². The second-order valence-electron chi connectivity index (χ2n) is 4.86.